The molecule has 0 bridgehead atoms. The molecule has 1 N–H and O–H groups in total. The normalized spacial score (nSPS) is 14.3. The summed E-state index contributed by atoms with van der Waals surface area (Å²) < 4.78 is 1.23. The number of aromatic nitrogens is 3. The summed E-state index contributed by atoms with van der Waals surface area (Å²) in [7, 11) is 0. The van der Waals surface area contributed by atoms with Crippen molar-refractivity contribution in [3.63, 3.8) is 0 Å². The SMILES string of the molecule is CC(=O)c1ccc(N2CCN(C(=O)Cn3ncc4c([nH]c5ccccc54)c3=O)CC2)cc1. The number of aromatic amines is 1. The van der Waals surface area contributed by atoms with Crippen molar-refractivity contribution in [2.45, 2.75) is 13.5 Å². The molecule has 1 aliphatic heterocycles. The molecular weight excluding hydrogens is 406 g/mol. The molecule has 2 aromatic heterocycles. The zero-order valence-electron chi connectivity index (χ0n) is 17.7. The van der Waals surface area contributed by atoms with E-state index in [-0.39, 0.29) is 23.8 Å². The fraction of sp³-hybridized carbons (Fsp3) is 0.250. The fourth-order valence-corrected chi connectivity index (χ4v) is 4.24. The summed E-state index contributed by atoms with van der Waals surface area (Å²) in [5.74, 6) is -0.0805. The van der Waals surface area contributed by atoms with Crippen LogP contribution in [0.5, 0.6) is 0 Å². The van der Waals surface area contributed by atoms with E-state index in [1.54, 1.807) is 18.0 Å². The number of hydrogen-bond acceptors (Lipinski definition) is 5. The summed E-state index contributed by atoms with van der Waals surface area (Å²) in [6.07, 6.45) is 1.64. The molecule has 0 unspecified atom stereocenters. The first-order valence-electron chi connectivity index (χ1n) is 10.6. The van der Waals surface area contributed by atoms with Crippen LogP contribution in [0.4, 0.5) is 5.69 Å². The quantitative estimate of drug-likeness (QED) is 0.503. The van der Waals surface area contributed by atoms with Gasteiger partial charge in [0, 0.05) is 53.7 Å². The van der Waals surface area contributed by atoms with Crippen molar-refractivity contribution in [1.29, 1.82) is 0 Å². The van der Waals surface area contributed by atoms with Crippen molar-refractivity contribution in [1.82, 2.24) is 19.7 Å². The summed E-state index contributed by atoms with van der Waals surface area (Å²) in [5.41, 5.74) is 2.76. The number of ketones is 1. The van der Waals surface area contributed by atoms with Crippen LogP contribution < -0.4 is 10.5 Å². The highest BCUT2D eigenvalue weighted by molar-refractivity contribution is 6.06. The molecular formula is C24H23N5O3. The Hall–Kier alpha value is -3.94. The Balaban J connectivity index is 1.27. The third-order valence-electron chi connectivity index (χ3n) is 6.08. The lowest BCUT2D eigenvalue weighted by molar-refractivity contribution is -0.132. The fourth-order valence-electron chi connectivity index (χ4n) is 4.24. The monoisotopic (exact) mass is 429 g/mol. The molecule has 1 aliphatic rings. The highest BCUT2D eigenvalue weighted by Gasteiger charge is 2.22. The number of fused-ring (bicyclic) bond motifs is 3. The van der Waals surface area contributed by atoms with Crippen molar-refractivity contribution < 1.29 is 9.59 Å². The van der Waals surface area contributed by atoms with Crippen LogP contribution in [-0.2, 0) is 11.3 Å². The molecule has 5 rings (SSSR count). The predicted octanol–water partition coefficient (Wildman–Crippen LogP) is 2.43. The van der Waals surface area contributed by atoms with Crippen LogP contribution in [0.1, 0.15) is 17.3 Å². The second kappa shape index (κ2) is 7.96. The number of carbonyl (C=O) groups is 2. The van der Waals surface area contributed by atoms with Crippen LogP contribution in [-0.4, -0.2) is 57.5 Å². The summed E-state index contributed by atoms with van der Waals surface area (Å²) >= 11 is 0. The van der Waals surface area contributed by atoms with Gasteiger partial charge in [-0.15, -0.1) is 0 Å². The van der Waals surface area contributed by atoms with Crippen LogP contribution in [0.3, 0.4) is 0 Å². The Bertz CT molecular complexity index is 1380. The molecule has 0 spiro atoms. The molecule has 162 valence electrons. The first kappa shape index (κ1) is 20.0. The minimum atomic E-state index is -0.295. The van der Waals surface area contributed by atoms with Gasteiger partial charge in [0.05, 0.1) is 6.20 Å². The lowest BCUT2D eigenvalue weighted by atomic mass is 10.1. The second-order valence-corrected chi connectivity index (χ2v) is 8.04. The topological polar surface area (TPSA) is 91.3 Å². The highest BCUT2D eigenvalue weighted by Crippen LogP contribution is 2.22. The number of piperazine rings is 1. The summed E-state index contributed by atoms with van der Waals surface area (Å²) in [6, 6.07) is 15.2. The lowest BCUT2D eigenvalue weighted by Gasteiger charge is -2.36. The van der Waals surface area contributed by atoms with Crippen molar-refractivity contribution in [2.24, 2.45) is 0 Å². The average molecular weight is 429 g/mol. The number of nitrogens with one attached hydrogen (secondary N) is 1. The largest absolute Gasteiger partial charge is 0.368 e. The van der Waals surface area contributed by atoms with Crippen molar-refractivity contribution in [2.75, 3.05) is 31.1 Å². The molecule has 0 radical (unpaired) electrons. The van der Waals surface area contributed by atoms with E-state index in [2.05, 4.69) is 15.0 Å². The molecule has 0 aliphatic carbocycles. The Morgan fingerprint density at radius 2 is 1.69 bits per heavy atom. The molecule has 8 heteroatoms. The van der Waals surface area contributed by atoms with Crippen molar-refractivity contribution in [3.8, 4) is 0 Å². The first-order valence-corrected chi connectivity index (χ1v) is 10.6. The van der Waals surface area contributed by atoms with E-state index in [0.29, 0.717) is 37.3 Å². The molecule has 1 amide bonds. The maximum atomic E-state index is 12.9. The van der Waals surface area contributed by atoms with Crippen LogP contribution in [0, 0.1) is 0 Å². The van der Waals surface area contributed by atoms with Gasteiger partial charge in [-0.05, 0) is 37.3 Å². The molecule has 8 nitrogen and oxygen atoms in total. The zero-order chi connectivity index (χ0) is 22.2. The third kappa shape index (κ3) is 3.53. The van der Waals surface area contributed by atoms with Crippen LogP contribution in [0.2, 0.25) is 0 Å². The molecule has 4 aromatic rings. The third-order valence-corrected chi connectivity index (χ3v) is 6.08. The van der Waals surface area contributed by atoms with Crippen LogP contribution >= 0.6 is 0 Å². The number of anilines is 1. The maximum absolute atomic E-state index is 12.9. The van der Waals surface area contributed by atoms with E-state index < -0.39 is 0 Å². The van der Waals surface area contributed by atoms with Crippen molar-refractivity contribution in [3.05, 3.63) is 70.6 Å². The van der Waals surface area contributed by atoms with Gasteiger partial charge in [0.1, 0.15) is 12.1 Å². The van der Waals surface area contributed by atoms with E-state index >= 15 is 0 Å². The van der Waals surface area contributed by atoms with Crippen LogP contribution in [0.25, 0.3) is 21.8 Å². The molecule has 0 atom stereocenters. The van der Waals surface area contributed by atoms with Gasteiger partial charge < -0.3 is 14.8 Å². The number of Topliss-reactive ketones (excluding diaryl/α,β-unsaturated/α-hetero) is 1. The average Bonchev–Trinajstić information content (AvgIpc) is 3.20. The van der Waals surface area contributed by atoms with Gasteiger partial charge in [0.25, 0.3) is 5.56 Å². The Labute approximate surface area is 184 Å². The maximum Gasteiger partial charge on any atom is 0.291 e. The minimum absolute atomic E-state index is 0.0430. The summed E-state index contributed by atoms with van der Waals surface area (Å²) in [6.45, 7) is 3.98. The molecule has 32 heavy (non-hydrogen) atoms. The molecule has 1 saturated heterocycles. The number of amides is 1. The Morgan fingerprint density at radius 3 is 2.41 bits per heavy atom. The zero-order valence-corrected chi connectivity index (χ0v) is 17.7. The van der Waals surface area contributed by atoms with Gasteiger partial charge in [0.15, 0.2) is 5.78 Å². The van der Waals surface area contributed by atoms with Gasteiger partial charge in [-0.25, -0.2) is 4.68 Å². The van der Waals surface area contributed by atoms with E-state index in [0.717, 1.165) is 22.0 Å². The van der Waals surface area contributed by atoms with Gasteiger partial charge in [-0.3, -0.25) is 14.4 Å². The predicted molar refractivity (Wildman–Crippen MR) is 123 cm³/mol. The second-order valence-electron chi connectivity index (χ2n) is 8.04. The van der Waals surface area contributed by atoms with E-state index in [9.17, 15) is 14.4 Å². The molecule has 2 aromatic carbocycles. The van der Waals surface area contributed by atoms with Gasteiger partial charge in [-0.1, -0.05) is 18.2 Å². The van der Waals surface area contributed by atoms with E-state index in [1.165, 1.54) is 4.68 Å². The number of hydrogen-bond donors (Lipinski definition) is 1. The number of carbonyl (C=O) groups excluding carboxylic acids is 2. The smallest absolute Gasteiger partial charge is 0.291 e. The molecule has 0 saturated carbocycles. The number of rotatable bonds is 4. The number of para-hydroxylation sites is 1. The van der Waals surface area contributed by atoms with Crippen LogP contribution in [0.15, 0.2) is 59.5 Å². The standard InChI is InChI=1S/C24H23N5O3/c1-16(30)17-6-8-18(9-7-17)27-10-12-28(13-11-27)22(31)15-29-24(32)23-20(14-25-29)19-4-2-3-5-21(19)26-23/h2-9,14,26H,10-13,15H2,1H3. The van der Waals surface area contributed by atoms with Crippen molar-refractivity contribution >= 4 is 39.2 Å². The van der Waals surface area contributed by atoms with E-state index in [1.807, 2.05) is 48.5 Å². The van der Waals surface area contributed by atoms with Gasteiger partial charge in [0.2, 0.25) is 5.91 Å². The van der Waals surface area contributed by atoms with E-state index in [4.69, 9.17) is 0 Å². The summed E-state index contributed by atoms with van der Waals surface area (Å²) in [5, 5.41) is 5.95. The number of benzene rings is 2. The Morgan fingerprint density at radius 1 is 0.969 bits per heavy atom. The summed E-state index contributed by atoms with van der Waals surface area (Å²) in [4.78, 5) is 44.3. The molecule has 3 heterocycles. The van der Waals surface area contributed by atoms with Gasteiger partial charge in [-0.2, -0.15) is 5.10 Å². The highest BCUT2D eigenvalue weighted by atomic mass is 16.2. The minimum Gasteiger partial charge on any atom is -0.368 e. The number of H-pyrrole nitrogens is 1. The number of nitrogens with zero attached hydrogens (tertiary/aromatic N) is 4. The lowest BCUT2D eigenvalue weighted by Crippen LogP contribution is -2.50. The molecule has 1 fully saturated rings. The van der Waals surface area contributed by atoms with Gasteiger partial charge >= 0.3 is 0 Å². The first-order chi connectivity index (χ1) is 15.5. The Kier molecular flexibility index (Phi) is 4.97.